The Morgan fingerprint density at radius 2 is 1.06 bits per heavy atom. The van der Waals surface area contributed by atoms with Gasteiger partial charge in [0.1, 0.15) is 11.5 Å². The number of hydrogen-bond donors (Lipinski definition) is 0. The predicted molar refractivity (Wildman–Crippen MR) is 153 cm³/mol. The van der Waals surface area contributed by atoms with Gasteiger partial charge < -0.3 is 14.2 Å². The largest absolute Gasteiger partial charge is 0.451 e. The van der Waals surface area contributed by atoms with E-state index in [1.54, 1.807) is 6.07 Å². The minimum atomic E-state index is 0.220. The van der Waals surface area contributed by atoms with E-state index in [9.17, 15) is 0 Å². The van der Waals surface area contributed by atoms with Gasteiger partial charge in [0.15, 0.2) is 11.5 Å². The number of nitrogens with zero attached hydrogens (tertiary/aromatic N) is 3. The van der Waals surface area contributed by atoms with E-state index in [4.69, 9.17) is 14.2 Å². The van der Waals surface area contributed by atoms with Crippen molar-refractivity contribution in [1.82, 2.24) is 15.4 Å². The summed E-state index contributed by atoms with van der Waals surface area (Å²) in [5.74, 6) is 2.25. The highest BCUT2D eigenvalue weighted by Crippen LogP contribution is 2.56. The third-order valence-corrected chi connectivity index (χ3v) is 11.5. The van der Waals surface area contributed by atoms with E-state index in [1.807, 2.05) is 36.4 Å². The Morgan fingerprint density at radius 1 is 0.529 bits per heavy atom. The van der Waals surface area contributed by atoms with Crippen LogP contribution in [-0.2, 0) is 0 Å². The van der Waals surface area contributed by atoms with Gasteiger partial charge in [-0.25, -0.2) is 0 Å². The summed E-state index contributed by atoms with van der Waals surface area (Å²) in [7, 11) is 0. The fourth-order valence-corrected chi connectivity index (χ4v) is 5.54. The quantitative estimate of drug-likeness (QED) is 0.180. The summed E-state index contributed by atoms with van der Waals surface area (Å²) in [5, 5.41) is 11.3. The molecular weight excluding hydrogens is 902 g/mol. The van der Waals surface area contributed by atoms with Gasteiger partial charge in [-0.2, -0.15) is 0 Å². The van der Waals surface area contributed by atoms with Gasteiger partial charge in [-0.05, 0) is 141 Å². The molecule has 0 amide bonds. The first kappa shape index (κ1) is 26.5. The topological polar surface area (TPSA) is 66.4 Å². The molecule has 0 saturated carbocycles. The molecule has 1 aromatic heterocycles. The van der Waals surface area contributed by atoms with Crippen LogP contribution in [0.3, 0.4) is 0 Å². The van der Waals surface area contributed by atoms with E-state index >= 15 is 0 Å². The Balaban J connectivity index is 1.94. The summed E-state index contributed by atoms with van der Waals surface area (Å²) in [4.78, 5) is 0. The van der Waals surface area contributed by atoms with Gasteiger partial charge in [0.05, 0.1) is 28.6 Å². The van der Waals surface area contributed by atoms with Crippen LogP contribution in [0.5, 0.6) is 34.6 Å². The highest BCUT2D eigenvalue weighted by atomic mass is 79.9. The average Bonchev–Trinajstić information content (AvgIpc) is 2.83. The molecule has 0 saturated heterocycles. The van der Waals surface area contributed by atoms with Gasteiger partial charge in [0.25, 0.3) is 0 Å². The van der Waals surface area contributed by atoms with E-state index in [0.29, 0.717) is 36.4 Å². The second-order valence-corrected chi connectivity index (χ2v) is 12.0. The van der Waals surface area contributed by atoms with Crippen LogP contribution in [0.2, 0.25) is 0 Å². The van der Waals surface area contributed by atoms with Crippen LogP contribution in [0.4, 0.5) is 0 Å². The number of benzene rings is 3. The first-order valence-electron chi connectivity index (χ1n) is 9.04. The Morgan fingerprint density at radius 3 is 1.59 bits per heavy atom. The lowest BCUT2D eigenvalue weighted by molar-refractivity contribution is 0.373. The number of aromatic nitrogens is 3. The van der Waals surface area contributed by atoms with Crippen LogP contribution >= 0.6 is 112 Å². The molecule has 174 valence electrons. The summed E-state index contributed by atoms with van der Waals surface area (Å²) in [6.07, 6.45) is 1.48. The number of rotatable bonds is 6. The lowest BCUT2D eigenvalue weighted by atomic mass is 10.2. The van der Waals surface area contributed by atoms with Crippen molar-refractivity contribution in [2.24, 2.45) is 0 Å². The van der Waals surface area contributed by atoms with Crippen molar-refractivity contribution in [1.29, 1.82) is 0 Å². The van der Waals surface area contributed by atoms with Crippen LogP contribution < -0.4 is 14.2 Å². The minimum Gasteiger partial charge on any atom is -0.451 e. The molecule has 6 nitrogen and oxygen atoms in total. The van der Waals surface area contributed by atoms with Crippen molar-refractivity contribution in [2.75, 3.05) is 0 Å². The van der Waals surface area contributed by atoms with E-state index in [0.717, 1.165) is 17.9 Å². The normalized spacial score (nSPS) is 10.8. The van der Waals surface area contributed by atoms with Crippen LogP contribution in [0.1, 0.15) is 0 Å². The zero-order valence-electron chi connectivity index (χ0n) is 16.3. The second-order valence-electron chi connectivity index (χ2n) is 6.30. The first-order chi connectivity index (χ1) is 16.3. The Labute approximate surface area is 253 Å². The molecular formula is C21H8Br7N3O3. The van der Waals surface area contributed by atoms with Crippen LogP contribution in [0, 0.1) is 0 Å². The van der Waals surface area contributed by atoms with E-state index in [1.165, 1.54) is 6.20 Å². The van der Waals surface area contributed by atoms with Crippen molar-refractivity contribution < 1.29 is 14.2 Å². The molecule has 0 bridgehead atoms. The molecule has 0 N–H and O–H groups in total. The fraction of sp³-hybridized carbons (Fsp3) is 0. The molecule has 34 heavy (non-hydrogen) atoms. The summed E-state index contributed by atoms with van der Waals surface area (Å²) in [6, 6.07) is 12.7. The molecule has 13 heteroatoms. The van der Waals surface area contributed by atoms with E-state index in [2.05, 4.69) is 127 Å². The minimum absolute atomic E-state index is 0.220. The molecule has 1 heterocycles. The van der Waals surface area contributed by atoms with Gasteiger partial charge >= 0.3 is 0 Å². The lowest BCUT2D eigenvalue weighted by Crippen LogP contribution is -2.00. The Bertz CT molecular complexity index is 1370. The van der Waals surface area contributed by atoms with Crippen molar-refractivity contribution in [3.63, 3.8) is 0 Å². The highest BCUT2D eigenvalue weighted by molar-refractivity contribution is 9.14. The van der Waals surface area contributed by atoms with Crippen molar-refractivity contribution in [3.8, 4) is 34.6 Å². The SMILES string of the molecule is Brc1cccc(Oc2c(Br)c(Br)c(Br)c(Oc3ccnnn3)c2Oc2cccc(Br)c2Br)c1Br. The first-order valence-corrected chi connectivity index (χ1v) is 14.6. The molecule has 0 fully saturated rings. The maximum atomic E-state index is 6.38. The van der Waals surface area contributed by atoms with Gasteiger partial charge in [0.2, 0.25) is 11.6 Å². The summed E-state index contributed by atoms with van der Waals surface area (Å²) < 4.78 is 23.7. The van der Waals surface area contributed by atoms with Crippen molar-refractivity contribution in [3.05, 3.63) is 80.0 Å². The fourth-order valence-electron chi connectivity index (χ4n) is 2.61. The molecule has 0 aliphatic heterocycles. The summed E-state index contributed by atoms with van der Waals surface area (Å²) in [5.41, 5.74) is 0. The summed E-state index contributed by atoms with van der Waals surface area (Å²) in [6.45, 7) is 0. The zero-order chi connectivity index (χ0) is 24.4. The zero-order valence-corrected chi connectivity index (χ0v) is 27.4. The maximum Gasteiger partial charge on any atom is 0.242 e. The third-order valence-electron chi connectivity index (χ3n) is 4.14. The third kappa shape index (κ3) is 5.70. The molecule has 4 rings (SSSR count). The van der Waals surface area contributed by atoms with Crippen LogP contribution in [0.15, 0.2) is 80.0 Å². The molecule has 3 aromatic carbocycles. The summed E-state index contributed by atoms with van der Waals surface area (Å²) >= 11 is 25.0. The van der Waals surface area contributed by atoms with Gasteiger partial charge in [-0.1, -0.05) is 17.2 Å². The number of halogens is 7. The Hall–Kier alpha value is -0.570. The molecule has 4 aromatic rings. The van der Waals surface area contributed by atoms with Crippen LogP contribution in [0.25, 0.3) is 0 Å². The van der Waals surface area contributed by atoms with E-state index in [-0.39, 0.29) is 11.6 Å². The smallest absolute Gasteiger partial charge is 0.242 e. The average molecular weight is 910 g/mol. The highest BCUT2D eigenvalue weighted by Gasteiger charge is 2.28. The van der Waals surface area contributed by atoms with Crippen LogP contribution in [-0.4, -0.2) is 15.4 Å². The molecule has 0 aliphatic carbocycles. The van der Waals surface area contributed by atoms with E-state index < -0.39 is 0 Å². The number of hydrogen-bond acceptors (Lipinski definition) is 6. The molecule has 0 radical (unpaired) electrons. The molecule has 0 unspecified atom stereocenters. The molecule has 0 atom stereocenters. The molecule has 0 aliphatic rings. The van der Waals surface area contributed by atoms with Crippen molar-refractivity contribution in [2.45, 2.75) is 0 Å². The predicted octanol–water partition coefficient (Wildman–Crippen LogP) is 10.6. The monoisotopic (exact) mass is 902 g/mol. The lowest BCUT2D eigenvalue weighted by Gasteiger charge is -2.21. The van der Waals surface area contributed by atoms with Gasteiger partial charge in [-0.3, -0.25) is 0 Å². The van der Waals surface area contributed by atoms with Crippen molar-refractivity contribution >= 4 is 112 Å². The Kier molecular flexibility index (Phi) is 9.08. The maximum absolute atomic E-state index is 6.38. The van der Waals surface area contributed by atoms with Gasteiger partial charge in [-0.15, -0.1) is 5.10 Å². The second kappa shape index (κ2) is 11.7. The number of ether oxygens (including phenoxy) is 3. The standard InChI is InChI=1S/C21H8Br7N3O3/c22-9-3-1-5-11(14(9)24)32-19-17(27)16(26)18(28)20(34-13-7-8-29-31-30-13)21(19)33-12-6-2-4-10(23)15(12)25/h1-8H. The molecule has 0 spiro atoms. The van der Waals surface area contributed by atoms with Gasteiger partial charge in [0, 0.05) is 15.0 Å².